The van der Waals surface area contributed by atoms with Crippen molar-refractivity contribution in [3.05, 3.63) is 53.6 Å². The maximum atomic E-state index is 6.13. The normalized spacial score (nSPS) is 13.3. The Balaban J connectivity index is 1.82. The topological polar surface area (TPSA) is 38.5 Å². The Morgan fingerprint density at radius 3 is 2.90 bits per heavy atom. The van der Waals surface area contributed by atoms with Gasteiger partial charge in [0.2, 0.25) is 0 Å². The third-order valence-electron chi connectivity index (χ3n) is 3.70. The highest BCUT2D eigenvalue weighted by Gasteiger charge is 2.21. The smallest absolute Gasteiger partial charge is 0.119 e. The third kappa shape index (κ3) is 2.44. The van der Waals surface area contributed by atoms with E-state index < -0.39 is 0 Å². The average Bonchev–Trinajstić information content (AvgIpc) is 2.84. The lowest BCUT2D eigenvalue weighted by Crippen LogP contribution is -2.20. The van der Waals surface area contributed by atoms with Crippen molar-refractivity contribution in [1.82, 2.24) is 0 Å². The summed E-state index contributed by atoms with van der Waals surface area (Å²) in [5, 5.41) is 0. The van der Waals surface area contributed by atoms with Crippen molar-refractivity contribution < 1.29 is 4.74 Å². The number of ether oxygens (including phenoxy) is 1. The summed E-state index contributed by atoms with van der Waals surface area (Å²) < 4.78 is 5.56. The standard InChI is InChI=1S/C17H20N2O/c1-2-20-15-7-3-5-13(11-15)12-19-10-9-14-6-4-8-16(18)17(14)19/h3-8,11H,2,9-10,12,18H2,1H3. The Bertz CT molecular complexity index is 610. The van der Waals surface area contributed by atoms with E-state index in [1.54, 1.807) is 0 Å². The molecule has 0 unspecified atom stereocenters. The second-order valence-corrected chi connectivity index (χ2v) is 5.11. The van der Waals surface area contributed by atoms with Gasteiger partial charge in [0, 0.05) is 13.1 Å². The molecule has 0 amide bonds. The number of fused-ring (bicyclic) bond motifs is 1. The fourth-order valence-electron chi connectivity index (χ4n) is 2.84. The van der Waals surface area contributed by atoms with Crippen LogP contribution in [0, 0.1) is 0 Å². The largest absolute Gasteiger partial charge is 0.494 e. The minimum Gasteiger partial charge on any atom is -0.494 e. The van der Waals surface area contributed by atoms with E-state index in [0.29, 0.717) is 6.61 Å². The maximum absolute atomic E-state index is 6.13. The molecule has 0 radical (unpaired) electrons. The first-order chi connectivity index (χ1) is 9.78. The van der Waals surface area contributed by atoms with Crippen LogP contribution < -0.4 is 15.4 Å². The number of anilines is 2. The fraction of sp³-hybridized carbons (Fsp3) is 0.294. The number of benzene rings is 2. The molecule has 0 fully saturated rings. The first kappa shape index (κ1) is 12.9. The van der Waals surface area contributed by atoms with Gasteiger partial charge in [-0.05, 0) is 42.7 Å². The van der Waals surface area contributed by atoms with Crippen LogP contribution in [0.1, 0.15) is 18.1 Å². The van der Waals surface area contributed by atoms with E-state index >= 15 is 0 Å². The summed E-state index contributed by atoms with van der Waals surface area (Å²) in [6.45, 7) is 4.61. The lowest BCUT2D eigenvalue weighted by Gasteiger charge is -2.21. The maximum Gasteiger partial charge on any atom is 0.119 e. The average molecular weight is 268 g/mol. The molecule has 1 heterocycles. The molecule has 3 heteroatoms. The molecule has 104 valence electrons. The van der Waals surface area contributed by atoms with Crippen molar-refractivity contribution in [3.63, 3.8) is 0 Å². The van der Waals surface area contributed by atoms with Crippen LogP contribution in [-0.4, -0.2) is 13.2 Å². The Morgan fingerprint density at radius 2 is 2.05 bits per heavy atom. The molecular formula is C17H20N2O. The number of nitrogens with two attached hydrogens (primary N) is 1. The molecule has 0 aliphatic carbocycles. The zero-order valence-electron chi connectivity index (χ0n) is 11.8. The van der Waals surface area contributed by atoms with Gasteiger partial charge in [-0.3, -0.25) is 0 Å². The number of nitrogen functional groups attached to an aromatic ring is 1. The van der Waals surface area contributed by atoms with Crippen LogP contribution >= 0.6 is 0 Å². The zero-order chi connectivity index (χ0) is 13.9. The van der Waals surface area contributed by atoms with Crippen molar-refractivity contribution in [2.45, 2.75) is 19.9 Å². The molecule has 0 spiro atoms. The fourth-order valence-corrected chi connectivity index (χ4v) is 2.84. The van der Waals surface area contributed by atoms with Gasteiger partial charge < -0.3 is 15.4 Å². The lowest BCUT2D eigenvalue weighted by atomic mass is 10.1. The highest BCUT2D eigenvalue weighted by Crippen LogP contribution is 2.34. The van der Waals surface area contributed by atoms with Gasteiger partial charge in [0.05, 0.1) is 18.0 Å². The molecule has 0 saturated heterocycles. The predicted octanol–water partition coefficient (Wildman–Crippen LogP) is 3.23. The first-order valence-corrected chi connectivity index (χ1v) is 7.12. The molecule has 1 aliphatic rings. The molecule has 3 rings (SSSR count). The van der Waals surface area contributed by atoms with E-state index in [0.717, 1.165) is 30.9 Å². The van der Waals surface area contributed by atoms with Gasteiger partial charge in [0.15, 0.2) is 0 Å². The van der Waals surface area contributed by atoms with Crippen LogP contribution in [0.25, 0.3) is 0 Å². The quantitative estimate of drug-likeness (QED) is 0.865. The molecule has 3 nitrogen and oxygen atoms in total. The molecule has 0 atom stereocenters. The van der Waals surface area contributed by atoms with Crippen LogP contribution in [0.4, 0.5) is 11.4 Å². The second kappa shape index (κ2) is 5.45. The first-order valence-electron chi connectivity index (χ1n) is 7.12. The third-order valence-corrected chi connectivity index (χ3v) is 3.70. The number of para-hydroxylation sites is 1. The summed E-state index contributed by atoms with van der Waals surface area (Å²) in [4.78, 5) is 2.36. The number of hydrogen-bond acceptors (Lipinski definition) is 3. The molecule has 0 saturated carbocycles. The summed E-state index contributed by atoms with van der Waals surface area (Å²) in [6.07, 6.45) is 1.07. The van der Waals surface area contributed by atoms with E-state index in [1.807, 2.05) is 31.2 Å². The molecule has 2 aromatic carbocycles. The molecule has 0 bridgehead atoms. The number of rotatable bonds is 4. The van der Waals surface area contributed by atoms with Gasteiger partial charge >= 0.3 is 0 Å². The van der Waals surface area contributed by atoms with E-state index in [4.69, 9.17) is 10.5 Å². The van der Waals surface area contributed by atoms with E-state index in [1.165, 1.54) is 16.8 Å². The Morgan fingerprint density at radius 1 is 1.20 bits per heavy atom. The molecule has 20 heavy (non-hydrogen) atoms. The summed E-state index contributed by atoms with van der Waals surface area (Å²) in [7, 11) is 0. The molecule has 2 aromatic rings. The van der Waals surface area contributed by atoms with Crippen LogP contribution in [-0.2, 0) is 13.0 Å². The van der Waals surface area contributed by atoms with E-state index in [-0.39, 0.29) is 0 Å². The van der Waals surface area contributed by atoms with Crippen molar-refractivity contribution in [2.24, 2.45) is 0 Å². The van der Waals surface area contributed by atoms with Gasteiger partial charge in [-0.1, -0.05) is 24.3 Å². The highest BCUT2D eigenvalue weighted by atomic mass is 16.5. The minimum absolute atomic E-state index is 0.697. The minimum atomic E-state index is 0.697. The van der Waals surface area contributed by atoms with Gasteiger partial charge in [-0.2, -0.15) is 0 Å². The molecule has 2 N–H and O–H groups in total. The Labute approximate surface area is 120 Å². The van der Waals surface area contributed by atoms with Crippen molar-refractivity contribution in [2.75, 3.05) is 23.8 Å². The van der Waals surface area contributed by atoms with Crippen molar-refractivity contribution in [1.29, 1.82) is 0 Å². The summed E-state index contributed by atoms with van der Waals surface area (Å²) in [5.74, 6) is 0.936. The van der Waals surface area contributed by atoms with Crippen LogP contribution in [0.2, 0.25) is 0 Å². The van der Waals surface area contributed by atoms with Gasteiger partial charge in [0.1, 0.15) is 5.75 Å². The Hall–Kier alpha value is -2.16. The summed E-state index contributed by atoms with van der Waals surface area (Å²) in [5.41, 5.74) is 10.8. The van der Waals surface area contributed by atoms with Crippen LogP contribution in [0.5, 0.6) is 5.75 Å². The van der Waals surface area contributed by atoms with Crippen LogP contribution in [0.15, 0.2) is 42.5 Å². The predicted molar refractivity (Wildman–Crippen MR) is 83.2 cm³/mol. The van der Waals surface area contributed by atoms with Crippen molar-refractivity contribution in [3.8, 4) is 5.75 Å². The van der Waals surface area contributed by atoms with Gasteiger partial charge in [-0.15, -0.1) is 0 Å². The van der Waals surface area contributed by atoms with Gasteiger partial charge in [0.25, 0.3) is 0 Å². The molecule has 0 aromatic heterocycles. The highest BCUT2D eigenvalue weighted by molar-refractivity contribution is 5.74. The van der Waals surface area contributed by atoms with Crippen molar-refractivity contribution >= 4 is 11.4 Å². The molecular weight excluding hydrogens is 248 g/mol. The van der Waals surface area contributed by atoms with Crippen LogP contribution in [0.3, 0.4) is 0 Å². The van der Waals surface area contributed by atoms with E-state index in [9.17, 15) is 0 Å². The molecule has 1 aliphatic heterocycles. The zero-order valence-corrected chi connectivity index (χ0v) is 11.8. The lowest BCUT2D eigenvalue weighted by molar-refractivity contribution is 0.340. The second-order valence-electron chi connectivity index (χ2n) is 5.11. The monoisotopic (exact) mass is 268 g/mol. The Kier molecular flexibility index (Phi) is 3.50. The SMILES string of the molecule is CCOc1cccc(CN2CCc3cccc(N)c32)c1. The summed E-state index contributed by atoms with van der Waals surface area (Å²) in [6, 6.07) is 14.5. The van der Waals surface area contributed by atoms with E-state index in [2.05, 4.69) is 23.1 Å². The number of nitrogens with zero attached hydrogens (tertiary/aromatic N) is 1. The summed E-state index contributed by atoms with van der Waals surface area (Å²) >= 11 is 0. The number of hydrogen-bond donors (Lipinski definition) is 1. The van der Waals surface area contributed by atoms with Gasteiger partial charge in [-0.25, -0.2) is 0 Å².